The number of nitrogens with zero attached hydrogens (tertiary/aromatic N) is 2. The van der Waals surface area contributed by atoms with Crippen LogP contribution in [-0.2, 0) is 9.59 Å². The van der Waals surface area contributed by atoms with E-state index in [1.54, 1.807) is 53.2 Å². The van der Waals surface area contributed by atoms with Gasteiger partial charge in [-0.1, -0.05) is 40.9 Å². The number of carbonyl (C=O) groups is 3. The van der Waals surface area contributed by atoms with E-state index in [4.69, 9.17) is 34.8 Å². The maximum atomic E-state index is 13.4. The summed E-state index contributed by atoms with van der Waals surface area (Å²) < 4.78 is 0. The van der Waals surface area contributed by atoms with Crippen molar-refractivity contribution in [2.45, 2.75) is 43.7 Å². The van der Waals surface area contributed by atoms with Crippen molar-refractivity contribution in [2.24, 2.45) is 0 Å². The van der Waals surface area contributed by atoms with Crippen LogP contribution in [0.25, 0.3) is 0 Å². The molecule has 9 heteroatoms. The molecule has 0 spiro atoms. The fraction of sp³-hybridized carbons (Fsp3) is 0.400. The first-order valence-corrected chi connectivity index (χ1v) is 12.3. The summed E-state index contributed by atoms with van der Waals surface area (Å²) in [4.78, 5) is 41.8. The fourth-order valence-electron chi connectivity index (χ4n) is 4.76. The normalized spacial score (nSPS) is 21.0. The highest BCUT2D eigenvalue weighted by molar-refractivity contribution is 6.42. The molecule has 2 atom stereocenters. The Morgan fingerprint density at radius 1 is 1.03 bits per heavy atom. The zero-order valence-corrected chi connectivity index (χ0v) is 21.3. The summed E-state index contributed by atoms with van der Waals surface area (Å²) in [5.74, 6) is -0.585. The smallest absolute Gasteiger partial charge is 0.253 e. The molecule has 34 heavy (non-hydrogen) atoms. The van der Waals surface area contributed by atoms with Gasteiger partial charge >= 0.3 is 0 Å². The second-order valence-corrected chi connectivity index (χ2v) is 10.3. The van der Waals surface area contributed by atoms with Crippen LogP contribution in [0.4, 0.5) is 0 Å². The van der Waals surface area contributed by atoms with Crippen LogP contribution in [0.1, 0.15) is 48.0 Å². The largest absolute Gasteiger partial charge is 0.342 e. The van der Waals surface area contributed by atoms with E-state index in [0.717, 1.165) is 5.56 Å². The third-order valence-corrected chi connectivity index (χ3v) is 7.71. The molecule has 1 aliphatic carbocycles. The summed E-state index contributed by atoms with van der Waals surface area (Å²) in [5.41, 5.74) is 0.643. The molecule has 0 bridgehead atoms. The lowest BCUT2D eigenvalue weighted by atomic mass is 9.84. The van der Waals surface area contributed by atoms with Gasteiger partial charge in [0.1, 0.15) is 5.54 Å². The molecule has 1 aliphatic heterocycles. The third-order valence-electron chi connectivity index (χ3n) is 6.72. The molecule has 1 saturated carbocycles. The summed E-state index contributed by atoms with van der Waals surface area (Å²) in [6, 6.07) is 12.1. The predicted octanol–water partition coefficient (Wildman–Crippen LogP) is 4.77. The van der Waals surface area contributed by atoms with Crippen molar-refractivity contribution in [2.75, 3.05) is 20.1 Å². The van der Waals surface area contributed by atoms with Gasteiger partial charge < -0.3 is 15.1 Å². The highest BCUT2D eigenvalue weighted by atomic mass is 35.5. The van der Waals surface area contributed by atoms with Crippen LogP contribution in [0.3, 0.4) is 0 Å². The van der Waals surface area contributed by atoms with Crippen LogP contribution in [0, 0.1) is 0 Å². The van der Waals surface area contributed by atoms with Crippen molar-refractivity contribution in [3.05, 3.63) is 68.7 Å². The first-order valence-electron chi connectivity index (χ1n) is 11.2. The molecule has 3 amide bonds. The molecule has 4 rings (SSSR count). The molecule has 0 radical (unpaired) electrons. The summed E-state index contributed by atoms with van der Waals surface area (Å²) in [6.45, 7) is 2.32. The van der Waals surface area contributed by atoms with Crippen molar-refractivity contribution < 1.29 is 14.4 Å². The second-order valence-electron chi connectivity index (χ2n) is 9.07. The summed E-state index contributed by atoms with van der Waals surface area (Å²) >= 11 is 18.4. The van der Waals surface area contributed by atoms with Crippen molar-refractivity contribution in [3.63, 3.8) is 0 Å². The Balaban J connectivity index is 1.61. The van der Waals surface area contributed by atoms with Gasteiger partial charge in [0.15, 0.2) is 0 Å². The summed E-state index contributed by atoms with van der Waals surface area (Å²) in [6.07, 6.45) is 1.86. The van der Waals surface area contributed by atoms with E-state index in [1.807, 2.05) is 6.07 Å². The van der Waals surface area contributed by atoms with Crippen LogP contribution in [-0.4, -0.2) is 59.2 Å². The Labute approximate surface area is 214 Å². The van der Waals surface area contributed by atoms with E-state index in [-0.39, 0.29) is 29.7 Å². The number of halogens is 3. The van der Waals surface area contributed by atoms with Gasteiger partial charge in [-0.25, -0.2) is 0 Å². The van der Waals surface area contributed by atoms with Crippen molar-refractivity contribution >= 4 is 52.5 Å². The highest BCUT2D eigenvalue weighted by Gasteiger charge is 2.53. The monoisotopic (exact) mass is 521 g/mol. The first kappa shape index (κ1) is 24.8. The number of hydrogen-bond acceptors (Lipinski definition) is 3. The number of likely N-dealkylation sites (tertiary alicyclic amines) is 1. The number of nitrogens with one attached hydrogen (secondary N) is 1. The van der Waals surface area contributed by atoms with Gasteiger partial charge in [-0.15, -0.1) is 0 Å². The highest BCUT2D eigenvalue weighted by Crippen LogP contribution is 2.40. The molecule has 6 nitrogen and oxygen atoms in total. The lowest BCUT2D eigenvalue weighted by molar-refractivity contribution is -0.139. The fourth-order valence-corrected chi connectivity index (χ4v) is 5.19. The van der Waals surface area contributed by atoms with Crippen molar-refractivity contribution in [1.82, 2.24) is 15.1 Å². The molecule has 2 aromatic carbocycles. The number of rotatable bonds is 5. The maximum Gasteiger partial charge on any atom is 0.253 e. The quantitative estimate of drug-likeness (QED) is 0.615. The molecular weight excluding hydrogens is 497 g/mol. The lowest BCUT2D eigenvalue weighted by Gasteiger charge is -2.44. The Kier molecular flexibility index (Phi) is 7.13. The molecule has 0 aromatic heterocycles. The standard InChI is InChI=1S/C25H26Cl3N3O3/c1-15(32)29-25(10-11-25)24(34)31-12-9-22(19(14-31)17-5-8-20(27)21(28)13-17)30(2)23(33)16-3-6-18(26)7-4-16/h3-8,13,19,22H,9-12,14H2,1-2H3,(H,29,32)/t19-,22+/m0/s1. The van der Waals surface area contributed by atoms with E-state index in [1.165, 1.54) is 6.92 Å². The van der Waals surface area contributed by atoms with Gasteiger partial charge in [0.05, 0.1) is 10.0 Å². The number of hydrogen-bond donors (Lipinski definition) is 1. The number of likely N-dealkylation sites (N-methyl/N-ethyl adjacent to an activating group) is 1. The lowest BCUT2D eigenvalue weighted by Crippen LogP contribution is -2.56. The summed E-state index contributed by atoms with van der Waals surface area (Å²) in [7, 11) is 1.78. The Morgan fingerprint density at radius 3 is 2.29 bits per heavy atom. The molecule has 2 aromatic rings. The Bertz CT molecular complexity index is 1120. The summed E-state index contributed by atoms with van der Waals surface area (Å²) in [5, 5.41) is 4.26. The molecule has 180 valence electrons. The zero-order valence-electron chi connectivity index (χ0n) is 19.0. The number of benzene rings is 2. The average Bonchev–Trinajstić information content (AvgIpc) is 3.59. The minimum atomic E-state index is -0.800. The SMILES string of the molecule is CC(=O)NC1(C(=O)N2CC[C@@H](N(C)C(=O)c3ccc(Cl)cc3)[C@H](c3ccc(Cl)c(Cl)c3)C2)CC1. The number of carbonyl (C=O) groups excluding carboxylic acids is 3. The minimum absolute atomic E-state index is 0.0714. The van der Waals surface area contributed by atoms with Crippen LogP contribution in [0.5, 0.6) is 0 Å². The first-order chi connectivity index (χ1) is 16.1. The van der Waals surface area contributed by atoms with Gasteiger partial charge in [-0.05, 0) is 61.2 Å². The van der Waals surface area contributed by atoms with Crippen LogP contribution < -0.4 is 5.32 Å². The van der Waals surface area contributed by atoms with Gasteiger partial charge in [-0.3, -0.25) is 14.4 Å². The van der Waals surface area contributed by atoms with Crippen LogP contribution >= 0.6 is 34.8 Å². The molecule has 2 fully saturated rings. The van der Waals surface area contributed by atoms with Crippen LogP contribution in [0.15, 0.2) is 42.5 Å². The van der Waals surface area contributed by atoms with E-state index in [0.29, 0.717) is 53.0 Å². The molecular formula is C25H26Cl3N3O3. The third kappa shape index (κ3) is 5.04. The Morgan fingerprint density at radius 2 is 1.71 bits per heavy atom. The van der Waals surface area contributed by atoms with Gasteiger partial charge in [0.25, 0.3) is 5.91 Å². The second kappa shape index (κ2) is 9.76. The van der Waals surface area contributed by atoms with E-state index < -0.39 is 5.54 Å². The zero-order chi connectivity index (χ0) is 24.6. The maximum absolute atomic E-state index is 13.4. The predicted molar refractivity (Wildman–Crippen MR) is 134 cm³/mol. The van der Waals surface area contributed by atoms with Crippen molar-refractivity contribution in [3.8, 4) is 0 Å². The van der Waals surface area contributed by atoms with Gasteiger partial charge in [0.2, 0.25) is 11.8 Å². The van der Waals surface area contributed by atoms with E-state index >= 15 is 0 Å². The number of amides is 3. The van der Waals surface area contributed by atoms with Gasteiger partial charge in [0, 0.05) is 49.6 Å². The Hall–Kier alpha value is -2.28. The van der Waals surface area contributed by atoms with E-state index in [2.05, 4.69) is 5.32 Å². The molecule has 2 aliphatic rings. The van der Waals surface area contributed by atoms with Crippen LogP contribution in [0.2, 0.25) is 15.1 Å². The van der Waals surface area contributed by atoms with E-state index in [9.17, 15) is 14.4 Å². The molecule has 1 N–H and O–H groups in total. The topological polar surface area (TPSA) is 69.7 Å². The molecule has 0 unspecified atom stereocenters. The number of piperidine rings is 1. The molecule has 1 saturated heterocycles. The average molecular weight is 523 g/mol. The molecule has 1 heterocycles. The van der Waals surface area contributed by atoms with Gasteiger partial charge in [-0.2, -0.15) is 0 Å². The van der Waals surface area contributed by atoms with Crippen molar-refractivity contribution in [1.29, 1.82) is 0 Å². The minimum Gasteiger partial charge on any atom is -0.342 e.